The van der Waals surface area contributed by atoms with E-state index >= 15 is 0 Å². The highest BCUT2D eigenvalue weighted by Gasteiger charge is 2.40. The van der Waals surface area contributed by atoms with Crippen LogP contribution in [0, 0.1) is 0 Å². The maximum atomic E-state index is 2.55. The minimum atomic E-state index is -0.139. The lowest BCUT2D eigenvalue weighted by molar-refractivity contribution is 0.639. The summed E-state index contributed by atoms with van der Waals surface area (Å²) in [7, 11) is 0. The summed E-state index contributed by atoms with van der Waals surface area (Å²) in [4.78, 5) is 5.47. The summed E-state index contributed by atoms with van der Waals surface area (Å²) in [5, 5.41) is 5.21. The molecule has 0 nitrogen and oxygen atoms in total. The SMILES string of the molecule is CC(C)(c1ccccc1)c1ccc2c(c1)Sc1cc(-c3c4c(c(-c5ccc6ccccc6c5)c5ccccc35)CCC=C4)cc3c1B2c1ccc(C(C)(C)c2ccccc2)cc1S3. The first-order valence-corrected chi connectivity index (χ1v) is 24.0. The fourth-order valence-corrected chi connectivity index (χ4v) is 13.4. The first kappa shape index (κ1) is 38.7. The smallest absolute Gasteiger partial charge is 0.0911 e. The highest BCUT2D eigenvalue weighted by Crippen LogP contribution is 2.49. The molecule has 0 aromatic heterocycles. The third-order valence-electron chi connectivity index (χ3n) is 14.5. The second-order valence-corrected chi connectivity index (χ2v) is 20.9. The molecule has 63 heavy (non-hydrogen) atoms. The molecule has 2 aliphatic heterocycles. The van der Waals surface area contributed by atoms with Gasteiger partial charge in [-0.15, -0.1) is 0 Å². The Balaban J connectivity index is 1.08. The monoisotopic (exact) mass is 842 g/mol. The number of rotatable bonds is 6. The highest BCUT2D eigenvalue weighted by atomic mass is 32.2. The van der Waals surface area contributed by atoms with E-state index < -0.39 is 0 Å². The second-order valence-electron chi connectivity index (χ2n) is 18.7. The zero-order valence-electron chi connectivity index (χ0n) is 36.2. The number of benzene rings is 9. The average Bonchev–Trinajstić information content (AvgIpc) is 3.33. The lowest BCUT2D eigenvalue weighted by Gasteiger charge is -2.36. The van der Waals surface area contributed by atoms with E-state index in [-0.39, 0.29) is 17.5 Å². The van der Waals surface area contributed by atoms with Gasteiger partial charge in [0.15, 0.2) is 0 Å². The number of hydrogen-bond acceptors (Lipinski definition) is 2. The molecule has 0 N–H and O–H groups in total. The van der Waals surface area contributed by atoms with Gasteiger partial charge in [0.2, 0.25) is 6.71 Å². The molecule has 3 heteroatoms. The van der Waals surface area contributed by atoms with E-state index in [9.17, 15) is 0 Å². The van der Waals surface area contributed by atoms with Crippen LogP contribution in [0.2, 0.25) is 0 Å². The van der Waals surface area contributed by atoms with Crippen molar-refractivity contribution in [2.45, 2.75) is 70.9 Å². The van der Waals surface area contributed by atoms with Gasteiger partial charge in [-0.2, -0.15) is 0 Å². The van der Waals surface area contributed by atoms with Crippen molar-refractivity contribution in [1.29, 1.82) is 0 Å². The minimum absolute atomic E-state index is 0.139. The van der Waals surface area contributed by atoms with E-state index in [2.05, 4.69) is 216 Å². The molecule has 302 valence electrons. The molecular weight excluding hydrogens is 796 g/mol. The molecule has 0 radical (unpaired) electrons. The second kappa shape index (κ2) is 14.8. The van der Waals surface area contributed by atoms with Gasteiger partial charge in [0, 0.05) is 30.4 Å². The molecule has 0 amide bonds. The molecule has 0 unspecified atom stereocenters. The Kier molecular flexibility index (Phi) is 9.08. The van der Waals surface area contributed by atoms with Gasteiger partial charge < -0.3 is 0 Å². The van der Waals surface area contributed by atoms with Crippen LogP contribution in [0.1, 0.15) is 67.5 Å². The third-order valence-corrected chi connectivity index (χ3v) is 16.7. The first-order valence-electron chi connectivity index (χ1n) is 22.4. The van der Waals surface area contributed by atoms with Crippen LogP contribution in [0.15, 0.2) is 202 Å². The molecule has 9 aromatic rings. The van der Waals surface area contributed by atoms with Crippen LogP contribution in [0.25, 0.3) is 49.9 Å². The van der Waals surface area contributed by atoms with E-state index in [0.717, 1.165) is 12.8 Å². The largest absolute Gasteiger partial charge is 0.247 e. The van der Waals surface area contributed by atoms with Crippen molar-refractivity contribution in [2.75, 3.05) is 0 Å². The van der Waals surface area contributed by atoms with Gasteiger partial charge >= 0.3 is 0 Å². The van der Waals surface area contributed by atoms with E-state index in [0.29, 0.717) is 0 Å². The fraction of sp³-hybridized carbons (Fsp3) is 0.133. The number of hydrogen-bond donors (Lipinski definition) is 0. The summed E-state index contributed by atoms with van der Waals surface area (Å²) >= 11 is 3.95. The van der Waals surface area contributed by atoms with Crippen molar-refractivity contribution < 1.29 is 0 Å². The summed E-state index contributed by atoms with van der Waals surface area (Å²) < 4.78 is 0. The molecule has 0 atom stereocenters. The topological polar surface area (TPSA) is 0 Å². The van der Waals surface area contributed by atoms with Crippen LogP contribution in [0.5, 0.6) is 0 Å². The molecule has 0 fully saturated rings. The van der Waals surface area contributed by atoms with Crippen LogP contribution in [0.3, 0.4) is 0 Å². The zero-order chi connectivity index (χ0) is 42.5. The predicted molar refractivity (Wildman–Crippen MR) is 273 cm³/mol. The Labute approximate surface area is 380 Å². The molecule has 1 aliphatic carbocycles. The maximum absolute atomic E-state index is 2.55. The van der Waals surface area contributed by atoms with Crippen molar-refractivity contribution in [3.63, 3.8) is 0 Å². The molecule has 9 aromatic carbocycles. The highest BCUT2D eigenvalue weighted by molar-refractivity contribution is 8.01. The van der Waals surface area contributed by atoms with E-state index in [1.165, 1.54) is 113 Å². The zero-order valence-corrected chi connectivity index (χ0v) is 37.8. The number of allylic oxidation sites excluding steroid dienone is 1. The summed E-state index contributed by atoms with van der Waals surface area (Å²) in [5.41, 5.74) is 17.5. The van der Waals surface area contributed by atoms with Crippen molar-refractivity contribution >= 4 is 74.2 Å². The van der Waals surface area contributed by atoms with Gasteiger partial charge in [-0.05, 0) is 126 Å². The molecular formula is C60H47BS2. The van der Waals surface area contributed by atoms with Crippen LogP contribution < -0.4 is 16.4 Å². The molecule has 3 aliphatic rings. The average molecular weight is 843 g/mol. The molecule has 0 saturated carbocycles. The lowest BCUT2D eigenvalue weighted by Crippen LogP contribution is -2.58. The minimum Gasteiger partial charge on any atom is -0.0911 e. The van der Waals surface area contributed by atoms with Gasteiger partial charge in [-0.3, -0.25) is 0 Å². The van der Waals surface area contributed by atoms with Gasteiger partial charge in [-0.25, -0.2) is 0 Å². The van der Waals surface area contributed by atoms with Crippen molar-refractivity contribution in [2.24, 2.45) is 0 Å². The fourth-order valence-electron chi connectivity index (χ4n) is 10.8. The van der Waals surface area contributed by atoms with Crippen LogP contribution >= 0.6 is 23.5 Å². The van der Waals surface area contributed by atoms with Crippen LogP contribution in [0.4, 0.5) is 0 Å². The maximum Gasteiger partial charge on any atom is 0.247 e. The Hall–Kier alpha value is -6.00. The van der Waals surface area contributed by atoms with E-state index in [4.69, 9.17) is 0 Å². The predicted octanol–water partition coefficient (Wildman–Crippen LogP) is 14.4. The van der Waals surface area contributed by atoms with Gasteiger partial charge in [-0.1, -0.05) is 220 Å². The van der Waals surface area contributed by atoms with Crippen LogP contribution in [-0.2, 0) is 17.3 Å². The molecule has 12 rings (SSSR count). The van der Waals surface area contributed by atoms with Gasteiger partial charge in [0.1, 0.15) is 0 Å². The third kappa shape index (κ3) is 6.22. The van der Waals surface area contributed by atoms with Crippen molar-refractivity contribution in [3.8, 4) is 22.3 Å². The quantitative estimate of drug-likeness (QED) is 0.153. The normalized spacial score (nSPS) is 14.0. The first-order chi connectivity index (χ1) is 30.7. The Morgan fingerprint density at radius 3 is 1.59 bits per heavy atom. The van der Waals surface area contributed by atoms with Gasteiger partial charge in [0.05, 0.1) is 0 Å². The van der Waals surface area contributed by atoms with E-state index in [1.807, 2.05) is 23.5 Å². The Bertz CT molecular complexity index is 3210. The summed E-state index contributed by atoms with van der Waals surface area (Å²) in [6, 6.07) is 66.8. The number of fused-ring (bicyclic) bond motifs is 7. The summed E-state index contributed by atoms with van der Waals surface area (Å²) in [5.74, 6) is 0. The van der Waals surface area contributed by atoms with Gasteiger partial charge in [0.25, 0.3) is 0 Å². The Morgan fingerprint density at radius 1 is 0.444 bits per heavy atom. The lowest BCUT2D eigenvalue weighted by atomic mass is 9.36. The standard InChI is InChI=1S/C60H47BS2/c1-59(2,42-19-7-5-8-20-42)44-29-31-50-52(36-44)62-54-34-41(35-55-58(54)61(50)51-32-30-45(37-53(51)63-55)60(3,4)43-21-9-6-10-22-43)57-48-25-15-13-23-46(48)56(47-24-14-16-26-49(47)57)40-28-27-38-17-11-12-18-39(38)33-40/h5-13,15-23,25-37H,14,24H2,1-4H3. The molecule has 0 bridgehead atoms. The van der Waals surface area contributed by atoms with Crippen molar-refractivity contribution in [3.05, 3.63) is 215 Å². The summed E-state index contributed by atoms with van der Waals surface area (Å²) in [6.45, 7) is 9.63. The molecule has 2 heterocycles. The van der Waals surface area contributed by atoms with Crippen LogP contribution in [-0.4, -0.2) is 6.71 Å². The van der Waals surface area contributed by atoms with Crippen molar-refractivity contribution in [1.82, 2.24) is 0 Å². The molecule has 0 saturated heterocycles. The Morgan fingerprint density at radius 2 is 0.984 bits per heavy atom. The molecule has 0 spiro atoms. The van der Waals surface area contributed by atoms with E-state index in [1.54, 1.807) is 0 Å². The summed E-state index contributed by atoms with van der Waals surface area (Å²) in [6.07, 6.45) is 6.89.